The monoisotopic (exact) mass is 382 g/mol. The Morgan fingerprint density at radius 3 is 2.44 bits per heavy atom. The Bertz CT molecular complexity index is 874. The molecule has 1 fully saturated rings. The number of rotatable bonds is 3. The molecule has 3 heterocycles. The van der Waals surface area contributed by atoms with E-state index in [1.165, 1.54) is 5.56 Å². The number of aromatic nitrogens is 1. The molecular formula is C21H26N4OS. The zero-order chi connectivity index (χ0) is 19.2. The van der Waals surface area contributed by atoms with E-state index in [4.69, 9.17) is 0 Å². The maximum Gasteiger partial charge on any atom is 0.259 e. The number of pyridine rings is 1. The van der Waals surface area contributed by atoms with Crippen LogP contribution in [0.5, 0.6) is 0 Å². The van der Waals surface area contributed by atoms with Gasteiger partial charge in [-0.1, -0.05) is 29.6 Å². The van der Waals surface area contributed by atoms with Crippen LogP contribution < -0.4 is 9.80 Å². The van der Waals surface area contributed by atoms with Crippen molar-refractivity contribution in [3.05, 3.63) is 53.3 Å². The number of piperazine rings is 1. The second-order valence-corrected chi connectivity index (χ2v) is 8.63. The maximum atomic E-state index is 13.2. The second-order valence-electron chi connectivity index (χ2n) is 7.75. The van der Waals surface area contributed by atoms with Crippen LogP contribution in [0.4, 0.5) is 11.4 Å². The number of amides is 1. The van der Waals surface area contributed by atoms with Crippen molar-refractivity contribution in [2.45, 2.75) is 26.3 Å². The summed E-state index contributed by atoms with van der Waals surface area (Å²) < 4.78 is 2.37. The summed E-state index contributed by atoms with van der Waals surface area (Å²) in [4.78, 5) is 21.9. The summed E-state index contributed by atoms with van der Waals surface area (Å²) >= 11 is 1.80. The molecule has 0 spiro atoms. The van der Waals surface area contributed by atoms with Gasteiger partial charge in [-0.25, -0.2) is 4.31 Å². The molecule has 1 aromatic carbocycles. The standard InChI is InChI=1S/C21H26N4OS/c1-15-5-6-18-19(11-15)21(2,3)25(20(18)26)17-12-16(13-22-14-17)23-7-9-24(27-4)10-8-23/h5-6,11-14H,7-10H2,1-4H3. The summed E-state index contributed by atoms with van der Waals surface area (Å²) in [6.45, 7) is 10.3. The van der Waals surface area contributed by atoms with E-state index in [1.54, 1.807) is 18.1 Å². The Balaban J connectivity index is 1.66. The molecule has 5 nitrogen and oxygen atoms in total. The topological polar surface area (TPSA) is 39.7 Å². The van der Waals surface area contributed by atoms with Crippen LogP contribution in [0.1, 0.15) is 35.3 Å². The van der Waals surface area contributed by atoms with E-state index in [-0.39, 0.29) is 5.91 Å². The lowest BCUT2D eigenvalue weighted by molar-refractivity contribution is 0.0982. The minimum absolute atomic E-state index is 0.0566. The van der Waals surface area contributed by atoms with Gasteiger partial charge in [0.1, 0.15) is 0 Å². The van der Waals surface area contributed by atoms with E-state index in [0.717, 1.165) is 48.7 Å². The molecule has 2 aliphatic heterocycles. The maximum absolute atomic E-state index is 13.2. The number of benzene rings is 1. The van der Waals surface area contributed by atoms with E-state index < -0.39 is 5.54 Å². The molecule has 1 saturated heterocycles. The van der Waals surface area contributed by atoms with Crippen molar-refractivity contribution in [3.63, 3.8) is 0 Å². The van der Waals surface area contributed by atoms with Gasteiger partial charge in [0.05, 0.1) is 29.3 Å². The first-order valence-electron chi connectivity index (χ1n) is 9.36. The molecule has 2 aliphatic rings. The van der Waals surface area contributed by atoms with Crippen molar-refractivity contribution < 1.29 is 4.79 Å². The average molecular weight is 383 g/mol. The SMILES string of the molecule is CSN1CCN(c2cncc(N3C(=O)c4ccc(C)cc4C3(C)C)c2)CC1. The van der Waals surface area contributed by atoms with Gasteiger partial charge in [0.25, 0.3) is 5.91 Å². The number of aryl methyl sites for hydroxylation is 1. The fourth-order valence-corrected chi connectivity index (χ4v) is 4.65. The molecular weight excluding hydrogens is 356 g/mol. The van der Waals surface area contributed by atoms with Crippen molar-refractivity contribution >= 4 is 29.2 Å². The number of nitrogens with zero attached hydrogens (tertiary/aromatic N) is 4. The van der Waals surface area contributed by atoms with Gasteiger partial charge in [0.15, 0.2) is 0 Å². The normalized spacial score (nSPS) is 19.5. The van der Waals surface area contributed by atoms with Gasteiger partial charge in [-0.3, -0.25) is 14.7 Å². The van der Waals surface area contributed by atoms with Gasteiger partial charge >= 0.3 is 0 Å². The fraction of sp³-hybridized carbons (Fsp3) is 0.429. The quantitative estimate of drug-likeness (QED) is 0.757. The molecule has 0 saturated carbocycles. The zero-order valence-corrected chi connectivity index (χ0v) is 17.2. The molecule has 0 radical (unpaired) electrons. The van der Waals surface area contributed by atoms with E-state index in [1.807, 2.05) is 23.2 Å². The van der Waals surface area contributed by atoms with E-state index in [0.29, 0.717) is 0 Å². The average Bonchev–Trinajstić information content (AvgIpc) is 2.87. The lowest BCUT2D eigenvalue weighted by atomic mass is 9.92. The molecule has 0 atom stereocenters. The number of hydrogen-bond donors (Lipinski definition) is 0. The van der Waals surface area contributed by atoms with Gasteiger partial charge < -0.3 is 4.90 Å². The highest BCUT2D eigenvalue weighted by Gasteiger charge is 2.44. The summed E-state index contributed by atoms with van der Waals surface area (Å²) in [5, 5.41) is 0. The first-order valence-corrected chi connectivity index (χ1v) is 10.5. The van der Waals surface area contributed by atoms with Crippen molar-refractivity contribution in [3.8, 4) is 0 Å². The number of anilines is 2. The van der Waals surface area contributed by atoms with Crippen molar-refractivity contribution in [2.24, 2.45) is 0 Å². The van der Waals surface area contributed by atoms with Gasteiger partial charge in [-0.2, -0.15) is 0 Å². The third kappa shape index (κ3) is 3.11. The van der Waals surface area contributed by atoms with Crippen molar-refractivity contribution in [1.29, 1.82) is 0 Å². The summed E-state index contributed by atoms with van der Waals surface area (Å²) in [7, 11) is 0. The number of carbonyl (C=O) groups excluding carboxylic acids is 1. The first-order chi connectivity index (χ1) is 12.9. The van der Waals surface area contributed by atoms with E-state index in [2.05, 4.69) is 53.3 Å². The minimum Gasteiger partial charge on any atom is -0.368 e. The van der Waals surface area contributed by atoms with Crippen LogP contribution in [0.3, 0.4) is 0 Å². The number of carbonyl (C=O) groups is 1. The minimum atomic E-state index is -0.393. The summed E-state index contributed by atoms with van der Waals surface area (Å²) in [6.07, 6.45) is 5.83. The molecule has 1 aromatic heterocycles. The Labute approximate surface area is 165 Å². The summed E-state index contributed by atoms with van der Waals surface area (Å²) in [5.74, 6) is 0.0566. The molecule has 4 rings (SSSR count). The van der Waals surface area contributed by atoms with Gasteiger partial charge in [-0.05, 0) is 44.7 Å². The Hall–Kier alpha value is -2.05. The van der Waals surface area contributed by atoms with Crippen LogP contribution in [0.15, 0.2) is 36.7 Å². The second kappa shape index (κ2) is 6.84. The van der Waals surface area contributed by atoms with Crippen LogP contribution in [0.25, 0.3) is 0 Å². The van der Waals surface area contributed by atoms with E-state index >= 15 is 0 Å². The molecule has 0 unspecified atom stereocenters. The smallest absolute Gasteiger partial charge is 0.259 e. The molecule has 0 bridgehead atoms. The summed E-state index contributed by atoms with van der Waals surface area (Å²) in [5.41, 5.74) is 4.62. The van der Waals surface area contributed by atoms with Crippen LogP contribution in [0, 0.1) is 6.92 Å². The first kappa shape index (κ1) is 18.3. The van der Waals surface area contributed by atoms with E-state index in [9.17, 15) is 4.79 Å². The molecule has 0 aliphatic carbocycles. The van der Waals surface area contributed by atoms with Crippen LogP contribution >= 0.6 is 11.9 Å². The zero-order valence-electron chi connectivity index (χ0n) is 16.4. The highest BCUT2D eigenvalue weighted by Crippen LogP contribution is 2.42. The van der Waals surface area contributed by atoms with Crippen molar-refractivity contribution in [2.75, 3.05) is 42.2 Å². The third-order valence-corrected chi connectivity index (χ3v) is 6.54. The molecule has 2 aromatic rings. The Morgan fingerprint density at radius 1 is 1.04 bits per heavy atom. The van der Waals surface area contributed by atoms with Crippen LogP contribution in [-0.2, 0) is 5.54 Å². The largest absolute Gasteiger partial charge is 0.368 e. The molecule has 0 N–H and O–H groups in total. The van der Waals surface area contributed by atoms with Gasteiger partial charge in [-0.15, -0.1) is 0 Å². The lowest BCUT2D eigenvalue weighted by Gasteiger charge is -2.36. The molecule has 6 heteroatoms. The predicted molar refractivity (Wildman–Crippen MR) is 113 cm³/mol. The molecule has 1 amide bonds. The Morgan fingerprint density at radius 2 is 1.74 bits per heavy atom. The molecule has 27 heavy (non-hydrogen) atoms. The van der Waals surface area contributed by atoms with Crippen molar-refractivity contribution in [1.82, 2.24) is 9.29 Å². The predicted octanol–water partition coefficient (Wildman–Crippen LogP) is 3.69. The summed E-state index contributed by atoms with van der Waals surface area (Å²) in [6, 6.07) is 8.20. The lowest BCUT2D eigenvalue weighted by Crippen LogP contribution is -2.43. The highest BCUT2D eigenvalue weighted by molar-refractivity contribution is 7.96. The van der Waals surface area contributed by atoms with Gasteiger partial charge in [0.2, 0.25) is 0 Å². The molecule has 142 valence electrons. The third-order valence-electron chi connectivity index (χ3n) is 5.66. The van der Waals surface area contributed by atoms with Crippen LogP contribution in [0.2, 0.25) is 0 Å². The fourth-order valence-electron chi connectivity index (χ4n) is 4.13. The van der Waals surface area contributed by atoms with Gasteiger partial charge in [0, 0.05) is 31.7 Å². The Kier molecular flexibility index (Phi) is 4.64. The highest BCUT2D eigenvalue weighted by atomic mass is 32.2. The number of hydrogen-bond acceptors (Lipinski definition) is 5. The van der Waals surface area contributed by atoms with Crippen LogP contribution in [-0.4, -0.2) is 47.6 Å². The number of fused-ring (bicyclic) bond motifs is 1.